The molecular weight excluding hydrogens is 212 g/mol. The first kappa shape index (κ1) is 13.5. The van der Waals surface area contributed by atoms with Crippen LogP contribution in [-0.4, -0.2) is 13.1 Å². The molecule has 0 radical (unpaired) electrons. The van der Waals surface area contributed by atoms with E-state index in [9.17, 15) is 4.79 Å². The number of allylic oxidation sites excluding steroid dienone is 2. The molecule has 1 aromatic rings. The van der Waals surface area contributed by atoms with Crippen LogP contribution in [0.3, 0.4) is 0 Å². The molecule has 0 fully saturated rings. The van der Waals surface area contributed by atoms with Crippen molar-refractivity contribution in [1.82, 2.24) is 0 Å². The predicted octanol–water partition coefficient (Wildman–Crippen LogP) is 3.47. The molecular formula is C15H20O2. The van der Waals surface area contributed by atoms with E-state index in [0.29, 0.717) is 6.42 Å². The summed E-state index contributed by atoms with van der Waals surface area (Å²) in [6.07, 6.45) is 2.73. The lowest BCUT2D eigenvalue weighted by Crippen LogP contribution is -2.33. The highest BCUT2D eigenvalue weighted by Gasteiger charge is 2.35. The summed E-state index contributed by atoms with van der Waals surface area (Å²) in [7, 11) is 1.44. The van der Waals surface area contributed by atoms with E-state index in [1.165, 1.54) is 12.7 Å². The zero-order chi connectivity index (χ0) is 12.9. The number of benzene rings is 1. The van der Waals surface area contributed by atoms with Gasteiger partial charge in [0.25, 0.3) is 0 Å². The second-order valence-electron chi connectivity index (χ2n) is 4.68. The van der Waals surface area contributed by atoms with Gasteiger partial charge in [-0.2, -0.15) is 0 Å². The van der Waals surface area contributed by atoms with Crippen LogP contribution in [0.5, 0.6) is 0 Å². The van der Waals surface area contributed by atoms with Crippen molar-refractivity contribution in [1.29, 1.82) is 0 Å². The Morgan fingerprint density at radius 1 is 1.29 bits per heavy atom. The molecule has 2 heteroatoms. The number of ether oxygens (including phenoxy) is 1. The van der Waals surface area contributed by atoms with Crippen molar-refractivity contribution in [3.8, 4) is 0 Å². The second kappa shape index (κ2) is 5.67. The molecule has 0 aromatic heterocycles. The molecule has 92 valence electrons. The Balaban J connectivity index is 3.11. The van der Waals surface area contributed by atoms with E-state index in [1.807, 2.05) is 51.1 Å². The van der Waals surface area contributed by atoms with Gasteiger partial charge in [-0.05, 0) is 32.8 Å². The molecule has 0 aliphatic rings. The van der Waals surface area contributed by atoms with Gasteiger partial charge in [0.2, 0.25) is 0 Å². The van der Waals surface area contributed by atoms with Crippen LogP contribution in [0.4, 0.5) is 0 Å². The Morgan fingerprint density at radius 3 is 2.35 bits per heavy atom. The molecule has 0 saturated heterocycles. The van der Waals surface area contributed by atoms with Crippen molar-refractivity contribution in [2.45, 2.75) is 32.6 Å². The standard InChI is InChI=1S/C15H20O2/c1-12(2)10-11-15(3,14(16)17-4)13-8-6-5-7-9-13/h5-10H,11H2,1-4H3/t15-/m0/s1. The highest BCUT2D eigenvalue weighted by atomic mass is 16.5. The monoisotopic (exact) mass is 232 g/mol. The topological polar surface area (TPSA) is 26.3 Å². The predicted molar refractivity (Wildman–Crippen MR) is 69.9 cm³/mol. The molecule has 0 saturated carbocycles. The molecule has 1 atom stereocenters. The number of rotatable bonds is 4. The van der Waals surface area contributed by atoms with E-state index < -0.39 is 5.41 Å². The van der Waals surface area contributed by atoms with E-state index in [1.54, 1.807) is 0 Å². The third kappa shape index (κ3) is 3.19. The highest BCUT2D eigenvalue weighted by Crippen LogP contribution is 2.30. The molecule has 0 N–H and O–H groups in total. The SMILES string of the molecule is COC(=O)[C@@](C)(CC=C(C)C)c1ccccc1. The summed E-state index contributed by atoms with van der Waals surface area (Å²) >= 11 is 0. The second-order valence-corrected chi connectivity index (χ2v) is 4.68. The van der Waals surface area contributed by atoms with Crippen LogP contribution < -0.4 is 0 Å². The zero-order valence-corrected chi connectivity index (χ0v) is 11.0. The van der Waals surface area contributed by atoms with Crippen LogP contribution in [0.2, 0.25) is 0 Å². The molecule has 0 spiro atoms. The van der Waals surface area contributed by atoms with Crippen LogP contribution in [0.1, 0.15) is 32.8 Å². The zero-order valence-electron chi connectivity index (χ0n) is 11.0. The number of methoxy groups -OCH3 is 1. The maximum absolute atomic E-state index is 12.0. The van der Waals surface area contributed by atoms with Crippen molar-refractivity contribution in [3.63, 3.8) is 0 Å². The summed E-state index contributed by atoms with van der Waals surface area (Å²) in [6, 6.07) is 9.77. The maximum atomic E-state index is 12.0. The first-order valence-corrected chi connectivity index (χ1v) is 5.78. The van der Waals surface area contributed by atoms with Gasteiger partial charge in [-0.3, -0.25) is 4.79 Å². The number of hydrogen-bond acceptors (Lipinski definition) is 2. The third-order valence-electron chi connectivity index (χ3n) is 2.97. The Labute approximate surface area is 103 Å². The number of esters is 1. The summed E-state index contributed by atoms with van der Waals surface area (Å²) in [5.74, 6) is -0.193. The average molecular weight is 232 g/mol. The summed E-state index contributed by atoms with van der Waals surface area (Å²) in [5.41, 5.74) is 1.59. The van der Waals surface area contributed by atoms with Gasteiger partial charge < -0.3 is 4.74 Å². The molecule has 0 bridgehead atoms. The van der Waals surface area contributed by atoms with Crippen molar-refractivity contribution in [2.75, 3.05) is 7.11 Å². The van der Waals surface area contributed by atoms with Gasteiger partial charge in [-0.25, -0.2) is 0 Å². The van der Waals surface area contributed by atoms with E-state index in [2.05, 4.69) is 6.08 Å². The van der Waals surface area contributed by atoms with Crippen LogP contribution in [-0.2, 0) is 14.9 Å². The third-order valence-corrected chi connectivity index (χ3v) is 2.97. The van der Waals surface area contributed by atoms with Gasteiger partial charge in [-0.1, -0.05) is 42.0 Å². The van der Waals surface area contributed by atoms with Crippen molar-refractivity contribution >= 4 is 5.97 Å². The van der Waals surface area contributed by atoms with Gasteiger partial charge in [0.1, 0.15) is 0 Å². The Kier molecular flexibility index (Phi) is 4.50. The molecule has 0 aliphatic carbocycles. The molecule has 17 heavy (non-hydrogen) atoms. The fourth-order valence-corrected chi connectivity index (χ4v) is 1.76. The van der Waals surface area contributed by atoms with E-state index in [4.69, 9.17) is 4.74 Å². The Bertz CT molecular complexity index is 402. The molecule has 2 nitrogen and oxygen atoms in total. The lowest BCUT2D eigenvalue weighted by molar-refractivity contribution is -0.146. The normalized spacial score (nSPS) is 13.6. The maximum Gasteiger partial charge on any atom is 0.316 e. The number of carbonyl (C=O) groups is 1. The fourth-order valence-electron chi connectivity index (χ4n) is 1.76. The minimum absolute atomic E-state index is 0.193. The summed E-state index contributed by atoms with van der Waals surface area (Å²) < 4.78 is 4.93. The van der Waals surface area contributed by atoms with Gasteiger partial charge in [0.05, 0.1) is 12.5 Å². The van der Waals surface area contributed by atoms with Gasteiger partial charge in [0, 0.05) is 0 Å². The largest absolute Gasteiger partial charge is 0.468 e. The van der Waals surface area contributed by atoms with Gasteiger partial charge in [0.15, 0.2) is 0 Å². The quantitative estimate of drug-likeness (QED) is 0.587. The van der Waals surface area contributed by atoms with Crippen LogP contribution in [0.15, 0.2) is 42.0 Å². The van der Waals surface area contributed by atoms with Crippen LogP contribution in [0.25, 0.3) is 0 Å². The smallest absolute Gasteiger partial charge is 0.316 e. The van der Waals surface area contributed by atoms with E-state index >= 15 is 0 Å². The van der Waals surface area contributed by atoms with Crippen molar-refractivity contribution < 1.29 is 9.53 Å². The number of carbonyl (C=O) groups excluding carboxylic acids is 1. The number of hydrogen-bond donors (Lipinski definition) is 0. The summed E-state index contributed by atoms with van der Waals surface area (Å²) in [5, 5.41) is 0. The molecule has 0 amide bonds. The Morgan fingerprint density at radius 2 is 1.88 bits per heavy atom. The molecule has 1 rings (SSSR count). The average Bonchev–Trinajstić information content (AvgIpc) is 2.36. The van der Waals surface area contributed by atoms with E-state index in [0.717, 1.165) is 5.56 Å². The summed E-state index contributed by atoms with van der Waals surface area (Å²) in [6.45, 7) is 5.99. The highest BCUT2D eigenvalue weighted by molar-refractivity contribution is 5.82. The van der Waals surface area contributed by atoms with Gasteiger partial charge in [-0.15, -0.1) is 0 Å². The molecule has 0 heterocycles. The van der Waals surface area contributed by atoms with E-state index in [-0.39, 0.29) is 5.97 Å². The van der Waals surface area contributed by atoms with Crippen molar-refractivity contribution in [2.24, 2.45) is 0 Å². The first-order valence-electron chi connectivity index (χ1n) is 5.78. The summed E-state index contributed by atoms with van der Waals surface area (Å²) in [4.78, 5) is 12.0. The first-order chi connectivity index (χ1) is 8.00. The fraction of sp³-hybridized carbons (Fsp3) is 0.400. The molecule has 0 unspecified atom stereocenters. The molecule has 0 aliphatic heterocycles. The molecule has 1 aromatic carbocycles. The lowest BCUT2D eigenvalue weighted by atomic mass is 9.79. The lowest BCUT2D eigenvalue weighted by Gasteiger charge is -2.26. The van der Waals surface area contributed by atoms with Crippen LogP contribution >= 0.6 is 0 Å². The van der Waals surface area contributed by atoms with Crippen LogP contribution in [0, 0.1) is 0 Å². The minimum atomic E-state index is -0.604. The Hall–Kier alpha value is -1.57. The van der Waals surface area contributed by atoms with Crippen molar-refractivity contribution in [3.05, 3.63) is 47.5 Å². The minimum Gasteiger partial charge on any atom is -0.468 e. The van der Waals surface area contributed by atoms with Gasteiger partial charge >= 0.3 is 5.97 Å².